The van der Waals surface area contributed by atoms with Crippen LogP contribution in [-0.2, 0) is 14.3 Å². The number of ether oxygens (including phenoxy) is 1. The van der Waals surface area contributed by atoms with Crippen LogP contribution in [-0.4, -0.2) is 42.3 Å². The monoisotopic (exact) mass is 464 g/mol. The molecular formula is C27H32N2O5. The molecule has 7 nitrogen and oxygen atoms in total. The zero-order valence-corrected chi connectivity index (χ0v) is 19.5. The molecule has 0 saturated heterocycles. The first-order valence-corrected chi connectivity index (χ1v) is 12.0. The Morgan fingerprint density at radius 2 is 1.62 bits per heavy atom. The van der Waals surface area contributed by atoms with E-state index in [0.29, 0.717) is 19.4 Å². The topological polar surface area (TPSA) is 105 Å². The van der Waals surface area contributed by atoms with Crippen LogP contribution in [0.25, 0.3) is 11.1 Å². The highest BCUT2D eigenvalue weighted by molar-refractivity contribution is 5.86. The Labute approximate surface area is 199 Å². The average Bonchev–Trinajstić information content (AvgIpc) is 3.62. The van der Waals surface area contributed by atoms with Gasteiger partial charge in [-0.1, -0.05) is 55.5 Å². The number of carboxylic acid groups (broad SMARTS) is 1. The first-order valence-electron chi connectivity index (χ1n) is 12.0. The number of amides is 2. The maximum absolute atomic E-state index is 12.7. The van der Waals surface area contributed by atoms with E-state index in [1.165, 1.54) is 11.1 Å². The lowest BCUT2D eigenvalue weighted by Gasteiger charge is -2.20. The molecule has 1 fully saturated rings. The fraction of sp³-hybridized carbons (Fsp3) is 0.444. The SMILES string of the molecule is CC(CCNC(=O)C(NC(=O)OCC1c2ccccc2-c2ccccc21)C1CC1)CCC(=O)O. The van der Waals surface area contributed by atoms with Crippen LogP contribution < -0.4 is 10.6 Å². The van der Waals surface area contributed by atoms with E-state index in [1.807, 2.05) is 31.2 Å². The van der Waals surface area contributed by atoms with Crippen molar-refractivity contribution in [3.05, 3.63) is 59.7 Å². The molecule has 0 heterocycles. The summed E-state index contributed by atoms with van der Waals surface area (Å²) in [5.41, 5.74) is 4.62. The number of fused-ring (bicyclic) bond motifs is 3. The van der Waals surface area contributed by atoms with Crippen molar-refractivity contribution >= 4 is 18.0 Å². The van der Waals surface area contributed by atoms with Gasteiger partial charge < -0.3 is 20.5 Å². The van der Waals surface area contributed by atoms with Crippen LogP contribution in [0.2, 0.25) is 0 Å². The molecule has 0 aliphatic heterocycles. The third kappa shape index (κ3) is 5.76. The molecule has 1 saturated carbocycles. The number of carboxylic acids is 1. The summed E-state index contributed by atoms with van der Waals surface area (Å²) in [6.45, 7) is 2.64. The van der Waals surface area contributed by atoms with Crippen molar-refractivity contribution in [2.24, 2.45) is 11.8 Å². The maximum Gasteiger partial charge on any atom is 0.407 e. The molecule has 0 bridgehead atoms. The Morgan fingerprint density at radius 1 is 1.00 bits per heavy atom. The van der Waals surface area contributed by atoms with Crippen molar-refractivity contribution < 1.29 is 24.2 Å². The largest absolute Gasteiger partial charge is 0.481 e. The fourth-order valence-corrected chi connectivity index (χ4v) is 4.66. The zero-order chi connectivity index (χ0) is 24.1. The highest BCUT2D eigenvalue weighted by Crippen LogP contribution is 2.44. The molecule has 2 aromatic carbocycles. The molecule has 2 amide bonds. The normalized spacial score (nSPS) is 16.1. The molecule has 2 aliphatic carbocycles. The standard InChI is InChI=1S/C27H32N2O5/c1-17(10-13-24(30)31)14-15-28-26(32)25(18-11-12-18)29-27(33)34-16-23-21-8-4-2-6-19(21)20-7-3-5-9-22(20)23/h2-9,17-18,23,25H,10-16H2,1H3,(H,28,32)(H,29,33)(H,30,31). The van der Waals surface area contributed by atoms with E-state index in [9.17, 15) is 14.4 Å². The smallest absolute Gasteiger partial charge is 0.407 e. The van der Waals surface area contributed by atoms with E-state index in [-0.39, 0.29) is 36.7 Å². The van der Waals surface area contributed by atoms with E-state index >= 15 is 0 Å². The predicted octanol–water partition coefficient (Wildman–Crippen LogP) is 4.31. The molecule has 2 aromatic rings. The maximum atomic E-state index is 12.7. The number of hydrogen-bond donors (Lipinski definition) is 3. The van der Waals surface area contributed by atoms with Crippen molar-refractivity contribution in [2.75, 3.05) is 13.2 Å². The van der Waals surface area contributed by atoms with Crippen molar-refractivity contribution in [2.45, 2.75) is 51.0 Å². The van der Waals surface area contributed by atoms with Crippen LogP contribution in [0, 0.1) is 11.8 Å². The number of carbonyl (C=O) groups excluding carboxylic acids is 2. The minimum atomic E-state index is -0.808. The average molecular weight is 465 g/mol. The number of alkyl carbamates (subject to hydrolysis) is 1. The molecule has 3 N–H and O–H groups in total. The molecule has 7 heteroatoms. The van der Waals surface area contributed by atoms with Gasteiger partial charge in [-0.3, -0.25) is 9.59 Å². The summed E-state index contributed by atoms with van der Waals surface area (Å²) in [4.78, 5) is 36.0. The molecule has 0 radical (unpaired) electrons. The number of hydrogen-bond acceptors (Lipinski definition) is 4. The van der Waals surface area contributed by atoms with Crippen molar-refractivity contribution in [1.29, 1.82) is 0 Å². The van der Waals surface area contributed by atoms with Gasteiger partial charge in [0.15, 0.2) is 0 Å². The molecule has 0 spiro atoms. The van der Waals surface area contributed by atoms with E-state index in [1.54, 1.807) is 0 Å². The lowest BCUT2D eigenvalue weighted by molar-refractivity contribution is -0.137. The first kappa shape index (κ1) is 23.8. The third-order valence-corrected chi connectivity index (χ3v) is 6.78. The van der Waals surface area contributed by atoms with E-state index in [2.05, 4.69) is 34.9 Å². The number of benzene rings is 2. The summed E-state index contributed by atoms with van der Waals surface area (Å²) in [6, 6.07) is 15.7. The van der Waals surface area contributed by atoms with Gasteiger partial charge in [0.1, 0.15) is 12.6 Å². The Balaban J connectivity index is 1.29. The lowest BCUT2D eigenvalue weighted by atomic mass is 9.98. The van der Waals surface area contributed by atoms with E-state index in [0.717, 1.165) is 24.0 Å². The van der Waals surface area contributed by atoms with Gasteiger partial charge in [-0.05, 0) is 59.8 Å². The minimum absolute atomic E-state index is 0.0290. The molecular weight excluding hydrogens is 432 g/mol. The first-order chi connectivity index (χ1) is 16.4. The zero-order valence-electron chi connectivity index (χ0n) is 19.5. The summed E-state index contributed by atoms with van der Waals surface area (Å²) in [7, 11) is 0. The van der Waals surface area contributed by atoms with Gasteiger partial charge in [-0.15, -0.1) is 0 Å². The highest BCUT2D eigenvalue weighted by Gasteiger charge is 2.38. The van der Waals surface area contributed by atoms with Gasteiger partial charge in [-0.2, -0.15) is 0 Å². The van der Waals surface area contributed by atoms with Gasteiger partial charge in [0.05, 0.1) is 0 Å². The molecule has 2 atom stereocenters. The quantitative estimate of drug-likeness (QED) is 0.460. The molecule has 4 rings (SSSR count). The van der Waals surface area contributed by atoms with E-state index < -0.39 is 18.1 Å². The molecule has 0 aromatic heterocycles. The highest BCUT2D eigenvalue weighted by atomic mass is 16.5. The van der Waals surface area contributed by atoms with Gasteiger partial charge in [0.2, 0.25) is 5.91 Å². The summed E-state index contributed by atoms with van der Waals surface area (Å²) >= 11 is 0. The Kier molecular flexibility index (Phi) is 7.50. The second-order valence-electron chi connectivity index (χ2n) is 9.40. The van der Waals surface area contributed by atoms with Crippen molar-refractivity contribution in [1.82, 2.24) is 10.6 Å². The van der Waals surface area contributed by atoms with Crippen LogP contribution in [0.15, 0.2) is 48.5 Å². The Bertz CT molecular complexity index is 1000. The molecule has 2 unspecified atom stereocenters. The van der Waals surface area contributed by atoms with Crippen LogP contribution in [0.5, 0.6) is 0 Å². The molecule has 180 valence electrons. The Morgan fingerprint density at radius 3 is 2.21 bits per heavy atom. The van der Waals surface area contributed by atoms with Crippen LogP contribution >= 0.6 is 0 Å². The van der Waals surface area contributed by atoms with Gasteiger partial charge in [-0.25, -0.2) is 4.79 Å². The summed E-state index contributed by atoms with van der Waals surface area (Å²) in [5, 5.41) is 14.5. The number of aliphatic carboxylic acids is 1. The minimum Gasteiger partial charge on any atom is -0.481 e. The third-order valence-electron chi connectivity index (χ3n) is 6.78. The number of rotatable bonds is 11. The fourth-order valence-electron chi connectivity index (χ4n) is 4.66. The number of carbonyl (C=O) groups is 3. The lowest BCUT2D eigenvalue weighted by Crippen LogP contribution is -2.48. The predicted molar refractivity (Wildman–Crippen MR) is 128 cm³/mol. The summed E-state index contributed by atoms with van der Waals surface area (Å²) in [6.07, 6.45) is 2.62. The van der Waals surface area contributed by atoms with Gasteiger partial charge >= 0.3 is 12.1 Å². The van der Waals surface area contributed by atoms with E-state index in [4.69, 9.17) is 9.84 Å². The second kappa shape index (κ2) is 10.7. The van der Waals surface area contributed by atoms with Crippen LogP contribution in [0.1, 0.15) is 56.1 Å². The summed E-state index contributed by atoms with van der Waals surface area (Å²) in [5.74, 6) is -0.715. The van der Waals surface area contributed by atoms with Crippen LogP contribution in [0.4, 0.5) is 4.79 Å². The van der Waals surface area contributed by atoms with Gasteiger partial charge in [0.25, 0.3) is 0 Å². The summed E-state index contributed by atoms with van der Waals surface area (Å²) < 4.78 is 5.61. The number of nitrogens with one attached hydrogen (secondary N) is 2. The van der Waals surface area contributed by atoms with Gasteiger partial charge in [0, 0.05) is 18.9 Å². The Hall–Kier alpha value is -3.35. The molecule has 2 aliphatic rings. The van der Waals surface area contributed by atoms with Crippen molar-refractivity contribution in [3.63, 3.8) is 0 Å². The molecule has 34 heavy (non-hydrogen) atoms. The van der Waals surface area contributed by atoms with Crippen molar-refractivity contribution in [3.8, 4) is 11.1 Å². The second-order valence-corrected chi connectivity index (χ2v) is 9.40. The van der Waals surface area contributed by atoms with Crippen LogP contribution in [0.3, 0.4) is 0 Å².